The summed E-state index contributed by atoms with van der Waals surface area (Å²) >= 11 is 0. The Morgan fingerprint density at radius 3 is 2.52 bits per heavy atom. The van der Waals surface area contributed by atoms with Crippen molar-refractivity contribution < 1.29 is 4.79 Å². The molecule has 0 aliphatic carbocycles. The number of nitrogens with zero attached hydrogens (tertiary/aromatic N) is 4. The molecule has 1 aromatic carbocycles. The van der Waals surface area contributed by atoms with Crippen LogP contribution >= 0.6 is 0 Å². The summed E-state index contributed by atoms with van der Waals surface area (Å²) < 4.78 is 0. The first kappa shape index (κ1) is 21.0. The fraction of sp³-hybridized carbons (Fsp3) is 0.500. The van der Waals surface area contributed by atoms with Gasteiger partial charge in [0.15, 0.2) is 0 Å². The SMILES string of the molecule is CCCC(C)Nc1cc(Cc2ccc(C(=O)N3CCN(C)CC3)cc2)nc(N)n1. The van der Waals surface area contributed by atoms with Crippen molar-refractivity contribution in [3.63, 3.8) is 0 Å². The number of likely N-dealkylation sites (N-methyl/N-ethyl adjacent to an activating group) is 1. The lowest BCUT2D eigenvalue weighted by Crippen LogP contribution is -2.47. The van der Waals surface area contributed by atoms with Crippen molar-refractivity contribution in [1.82, 2.24) is 19.8 Å². The molecule has 0 bridgehead atoms. The van der Waals surface area contributed by atoms with Crippen LogP contribution in [-0.2, 0) is 6.42 Å². The Kier molecular flexibility index (Phi) is 7.04. The molecule has 29 heavy (non-hydrogen) atoms. The quantitative estimate of drug-likeness (QED) is 0.748. The number of nitrogen functional groups attached to an aromatic ring is 1. The highest BCUT2D eigenvalue weighted by Gasteiger charge is 2.20. The highest BCUT2D eigenvalue weighted by molar-refractivity contribution is 5.94. The van der Waals surface area contributed by atoms with Gasteiger partial charge in [-0.2, -0.15) is 4.98 Å². The molecule has 156 valence electrons. The normalized spacial score (nSPS) is 15.9. The van der Waals surface area contributed by atoms with Crippen LogP contribution in [0.1, 0.15) is 48.3 Å². The van der Waals surface area contributed by atoms with Gasteiger partial charge in [0, 0.05) is 50.3 Å². The fourth-order valence-corrected chi connectivity index (χ4v) is 3.61. The molecule has 7 nitrogen and oxygen atoms in total. The van der Waals surface area contributed by atoms with E-state index in [0.717, 1.165) is 61.7 Å². The number of carbonyl (C=O) groups excluding carboxylic acids is 1. The molecule has 7 heteroatoms. The largest absolute Gasteiger partial charge is 0.368 e. The van der Waals surface area contributed by atoms with Gasteiger partial charge in [-0.1, -0.05) is 25.5 Å². The van der Waals surface area contributed by atoms with Crippen molar-refractivity contribution in [3.8, 4) is 0 Å². The molecule has 3 N–H and O–H groups in total. The van der Waals surface area contributed by atoms with Crippen LogP contribution in [0.5, 0.6) is 0 Å². The van der Waals surface area contributed by atoms with Gasteiger partial charge in [-0.25, -0.2) is 4.98 Å². The molecular weight excluding hydrogens is 364 g/mol. The van der Waals surface area contributed by atoms with Crippen molar-refractivity contribution in [1.29, 1.82) is 0 Å². The molecule has 2 aromatic rings. The molecule has 1 aromatic heterocycles. The van der Waals surface area contributed by atoms with Gasteiger partial charge in [0.25, 0.3) is 5.91 Å². The Labute approximate surface area is 173 Å². The van der Waals surface area contributed by atoms with E-state index in [9.17, 15) is 4.79 Å². The topological polar surface area (TPSA) is 87.4 Å². The standard InChI is InChI=1S/C22H32N6O/c1-4-5-16(2)24-20-15-19(25-22(23)26-20)14-17-6-8-18(9-7-17)21(29)28-12-10-27(3)11-13-28/h6-9,15-16H,4-5,10-14H2,1-3H3,(H3,23,24,25,26). The maximum absolute atomic E-state index is 12.7. The third-order valence-electron chi connectivity index (χ3n) is 5.29. The summed E-state index contributed by atoms with van der Waals surface area (Å²) in [7, 11) is 2.09. The van der Waals surface area contributed by atoms with Gasteiger partial charge in [0.2, 0.25) is 5.95 Å². The Hall–Kier alpha value is -2.67. The first-order valence-electron chi connectivity index (χ1n) is 10.4. The Balaban J connectivity index is 1.65. The zero-order chi connectivity index (χ0) is 20.8. The first-order valence-corrected chi connectivity index (χ1v) is 10.4. The van der Waals surface area contributed by atoms with E-state index in [1.54, 1.807) is 0 Å². The maximum atomic E-state index is 12.7. The van der Waals surface area contributed by atoms with Crippen LogP contribution in [0.3, 0.4) is 0 Å². The van der Waals surface area contributed by atoms with Crippen molar-refractivity contribution in [2.75, 3.05) is 44.3 Å². The summed E-state index contributed by atoms with van der Waals surface area (Å²) in [4.78, 5) is 25.5. The summed E-state index contributed by atoms with van der Waals surface area (Å²) in [6, 6.07) is 10.1. The third kappa shape index (κ3) is 5.90. The third-order valence-corrected chi connectivity index (χ3v) is 5.29. The summed E-state index contributed by atoms with van der Waals surface area (Å²) in [6.07, 6.45) is 2.83. The van der Waals surface area contributed by atoms with Crippen LogP contribution < -0.4 is 11.1 Å². The zero-order valence-electron chi connectivity index (χ0n) is 17.7. The monoisotopic (exact) mass is 396 g/mol. The number of rotatable bonds is 7. The molecule has 2 heterocycles. The summed E-state index contributed by atoms with van der Waals surface area (Å²) in [5.41, 5.74) is 8.59. The molecule has 1 unspecified atom stereocenters. The Bertz CT molecular complexity index is 815. The smallest absolute Gasteiger partial charge is 0.253 e. The number of benzene rings is 1. The molecule has 1 aliphatic heterocycles. The first-order chi connectivity index (χ1) is 13.9. The minimum Gasteiger partial charge on any atom is -0.368 e. The average molecular weight is 397 g/mol. The van der Waals surface area contributed by atoms with Crippen LogP contribution in [0, 0.1) is 0 Å². The Morgan fingerprint density at radius 2 is 1.86 bits per heavy atom. The lowest BCUT2D eigenvalue weighted by atomic mass is 10.1. The minimum atomic E-state index is 0.104. The average Bonchev–Trinajstić information content (AvgIpc) is 2.68. The zero-order valence-corrected chi connectivity index (χ0v) is 17.7. The van der Waals surface area contributed by atoms with Crippen LogP contribution in [0.4, 0.5) is 11.8 Å². The van der Waals surface area contributed by atoms with E-state index >= 15 is 0 Å². The van der Waals surface area contributed by atoms with Crippen molar-refractivity contribution in [3.05, 3.63) is 47.2 Å². The van der Waals surface area contributed by atoms with Crippen LogP contribution in [-0.4, -0.2) is 64.9 Å². The Morgan fingerprint density at radius 1 is 1.17 bits per heavy atom. The predicted molar refractivity (Wildman–Crippen MR) is 117 cm³/mol. The van der Waals surface area contributed by atoms with Gasteiger partial charge in [0.1, 0.15) is 5.82 Å². The minimum absolute atomic E-state index is 0.104. The number of carbonyl (C=O) groups is 1. The molecule has 1 atom stereocenters. The molecule has 0 radical (unpaired) electrons. The number of nitrogens with two attached hydrogens (primary N) is 1. The lowest BCUT2D eigenvalue weighted by Gasteiger charge is -2.32. The summed E-state index contributed by atoms with van der Waals surface area (Å²) in [5.74, 6) is 1.14. The second-order valence-electron chi connectivity index (χ2n) is 7.91. The molecule has 0 spiro atoms. The van der Waals surface area contributed by atoms with Crippen LogP contribution in [0.25, 0.3) is 0 Å². The number of hydrogen-bond acceptors (Lipinski definition) is 6. The predicted octanol–water partition coefficient (Wildman–Crippen LogP) is 2.64. The van der Waals surface area contributed by atoms with Gasteiger partial charge in [-0.15, -0.1) is 0 Å². The number of nitrogens with one attached hydrogen (secondary N) is 1. The van der Waals surface area contributed by atoms with E-state index < -0.39 is 0 Å². The molecule has 3 rings (SSSR count). The van der Waals surface area contributed by atoms with Crippen molar-refractivity contribution in [2.24, 2.45) is 0 Å². The highest BCUT2D eigenvalue weighted by atomic mass is 16.2. The molecule has 0 saturated carbocycles. The maximum Gasteiger partial charge on any atom is 0.253 e. The van der Waals surface area contributed by atoms with Gasteiger partial charge in [-0.05, 0) is 38.1 Å². The van der Waals surface area contributed by atoms with Crippen LogP contribution in [0.2, 0.25) is 0 Å². The summed E-state index contributed by atoms with van der Waals surface area (Å²) in [5, 5.41) is 3.39. The summed E-state index contributed by atoms with van der Waals surface area (Å²) in [6.45, 7) is 7.71. The van der Waals surface area contributed by atoms with Crippen molar-refractivity contribution >= 4 is 17.7 Å². The second kappa shape index (κ2) is 9.69. The number of aromatic nitrogens is 2. The molecule has 1 aliphatic rings. The van der Waals surface area contributed by atoms with Crippen LogP contribution in [0.15, 0.2) is 30.3 Å². The van der Waals surface area contributed by atoms with Gasteiger partial charge in [-0.3, -0.25) is 4.79 Å². The van der Waals surface area contributed by atoms with E-state index in [0.29, 0.717) is 12.5 Å². The molecule has 1 amide bonds. The molecule has 1 fully saturated rings. The number of anilines is 2. The van der Waals surface area contributed by atoms with E-state index in [-0.39, 0.29) is 11.9 Å². The van der Waals surface area contributed by atoms with E-state index in [4.69, 9.17) is 5.73 Å². The lowest BCUT2D eigenvalue weighted by molar-refractivity contribution is 0.0664. The van der Waals surface area contributed by atoms with E-state index in [2.05, 4.69) is 41.1 Å². The number of piperazine rings is 1. The number of hydrogen-bond donors (Lipinski definition) is 2. The van der Waals surface area contributed by atoms with E-state index in [1.807, 2.05) is 35.2 Å². The van der Waals surface area contributed by atoms with E-state index in [1.165, 1.54) is 0 Å². The van der Waals surface area contributed by atoms with Gasteiger partial charge < -0.3 is 20.9 Å². The number of amides is 1. The van der Waals surface area contributed by atoms with Gasteiger partial charge >= 0.3 is 0 Å². The fourth-order valence-electron chi connectivity index (χ4n) is 3.61. The molecule has 1 saturated heterocycles. The van der Waals surface area contributed by atoms with Crippen molar-refractivity contribution in [2.45, 2.75) is 39.2 Å². The van der Waals surface area contributed by atoms with Gasteiger partial charge in [0.05, 0.1) is 5.69 Å². The second-order valence-corrected chi connectivity index (χ2v) is 7.91. The molecular formula is C22H32N6O. The highest BCUT2D eigenvalue weighted by Crippen LogP contribution is 2.16.